The highest BCUT2D eigenvalue weighted by Crippen LogP contribution is 2.45. The van der Waals surface area contributed by atoms with Crippen molar-refractivity contribution in [1.29, 1.82) is 0 Å². The molecule has 6 rings (SSSR count). The zero-order valence-electron chi connectivity index (χ0n) is 44.3. The zero-order chi connectivity index (χ0) is 47.1. The van der Waals surface area contributed by atoms with Crippen LogP contribution in [0, 0.1) is 6.92 Å². The number of rotatable bonds is 1. The molecule has 0 fully saturated rings. The van der Waals surface area contributed by atoms with E-state index in [1.807, 2.05) is 13.0 Å². The van der Waals surface area contributed by atoms with Gasteiger partial charge >= 0.3 is 0 Å². The molecule has 0 bridgehead atoms. The molecule has 2 aliphatic heterocycles. The Morgan fingerprint density at radius 2 is 1.16 bits per heavy atom. The molecule has 0 N–H and O–H groups in total. The molecule has 2 aliphatic rings. The van der Waals surface area contributed by atoms with E-state index in [0.717, 1.165) is 6.92 Å². The maximum Gasteiger partial charge on any atom is 0.256 e. The Hall–Kier alpha value is -3.46. The van der Waals surface area contributed by atoms with Crippen LogP contribution in [-0.2, 0) is 21.7 Å². The van der Waals surface area contributed by atoms with Gasteiger partial charge in [0.15, 0.2) is 0 Å². The molecule has 0 amide bonds. The predicted molar refractivity (Wildman–Crippen MR) is 192 cm³/mol. The Balaban J connectivity index is 1.79. The summed E-state index contributed by atoms with van der Waals surface area (Å²) in [6.45, 7) is -7.93. The minimum Gasteiger partial charge on any atom is -0.458 e. The molecule has 0 saturated heterocycles. The first-order chi connectivity index (χ1) is 27.7. The van der Waals surface area contributed by atoms with Gasteiger partial charge in [0.2, 0.25) is 0 Å². The van der Waals surface area contributed by atoms with E-state index < -0.39 is 69.5 Å². The molecule has 0 saturated carbocycles. The number of ether oxygens (including phenoxy) is 1. The van der Waals surface area contributed by atoms with E-state index in [2.05, 4.69) is 0 Å². The molecule has 0 aliphatic carbocycles. The van der Waals surface area contributed by atoms with Gasteiger partial charge in [-0.25, -0.2) is 0 Å². The van der Waals surface area contributed by atoms with Crippen LogP contribution in [0.2, 0.25) is 0 Å². The molecule has 0 unspecified atom stereocenters. The average molecular weight is 602 g/mol. The van der Waals surface area contributed by atoms with E-state index >= 15 is 0 Å². The SMILES string of the molecule is [2H]C([2H])([2H])C(C)(C)c1cc(N2c3cc(C(C)(C)C([2H])([2H])[2H])ccc3B3c4cc(C(C)(C([2H])([2H])[2H])C([2H])([2H])[2H])ccc4Oc4cc(C)cc2c43)cc(C(C)(C([2H])([2H])[2H])C([2H])([2H])[2H])c1. The number of benzene rings is 4. The Morgan fingerprint density at radius 1 is 0.568 bits per heavy atom. The van der Waals surface area contributed by atoms with Crippen LogP contribution >= 0.6 is 0 Å². The molecule has 228 valence electrons. The number of hydrogen-bond acceptors (Lipinski definition) is 2. The third kappa shape index (κ3) is 5.17. The monoisotopic (exact) mass is 602 g/mol. The summed E-state index contributed by atoms with van der Waals surface area (Å²) < 4.78 is 159. The molecular formula is C41H50BNO. The number of aryl methyl sites for hydroxylation is 1. The van der Waals surface area contributed by atoms with Crippen molar-refractivity contribution >= 4 is 40.2 Å². The normalized spacial score (nSPS) is 22.3. The average Bonchev–Trinajstić information content (AvgIpc) is 3.10. The van der Waals surface area contributed by atoms with Crippen LogP contribution in [0.25, 0.3) is 0 Å². The summed E-state index contributed by atoms with van der Waals surface area (Å²) in [6, 6.07) is 17.6. The summed E-state index contributed by atoms with van der Waals surface area (Å²) >= 11 is 0. The molecule has 0 aromatic heterocycles. The van der Waals surface area contributed by atoms with Crippen LogP contribution in [0.4, 0.5) is 17.1 Å². The van der Waals surface area contributed by atoms with E-state index in [1.54, 1.807) is 55.1 Å². The standard InChI is InChI=1S/C41H50BNO/c1-25-18-34-37-36(19-25)44-35-17-15-26(38(2,3)4)23-32(35)42(37)31-16-14-27(39(5,6)7)24-33(31)43(34)30-21-28(40(8,9)10)20-29(22-30)41(11,12)13/h14-24H,1-13H3/i2D3,3D3,5D3,8D3,9D3,11D3. The highest BCUT2D eigenvalue weighted by atomic mass is 16.5. The van der Waals surface area contributed by atoms with Gasteiger partial charge in [-0.3, -0.25) is 0 Å². The first-order valence-corrected chi connectivity index (χ1v) is 14.8. The smallest absolute Gasteiger partial charge is 0.256 e. The summed E-state index contributed by atoms with van der Waals surface area (Å²) in [4.78, 5) is 1.73. The second-order valence-electron chi connectivity index (χ2n) is 13.9. The van der Waals surface area contributed by atoms with Crippen LogP contribution in [0.3, 0.4) is 0 Å². The number of fused-ring (bicyclic) bond motifs is 4. The first kappa shape index (κ1) is 15.7. The highest BCUT2D eigenvalue weighted by Gasteiger charge is 2.43. The lowest BCUT2D eigenvalue weighted by Gasteiger charge is -2.42. The van der Waals surface area contributed by atoms with Gasteiger partial charge in [-0.1, -0.05) is 113 Å². The second-order valence-corrected chi connectivity index (χ2v) is 13.9. The van der Waals surface area contributed by atoms with Crippen molar-refractivity contribution in [3.05, 3.63) is 94.5 Å². The Labute approximate surface area is 292 Å². The van der Waals surface area contributed by atoms with E-state index in [9.17, 15) is 0 Å². The minimum absolute atomic E-state index is 0.0129. The third-order valence-electron chi connectivity index (χ3n) is 8.69. The van der Waals surface area contributed by atoms with E-state index in [0.29, 0.717) is 50.4 Å². The molecule has 2 nitrogen and oxygen atoms in total. The van der Waals surface area contributed by atoms with Gasteiger partial charge in [0.25, 0.3) is 6.71 Å². The maximum atomic E-state index is 8.56. The predicted octanol–water partition coefficient (Wildman–Crippen LogP) is 9.59. The molecule has 4 aromatic carbocycles. The van der Waals surface area contributed by atoms with Gasteiger partial charge < -0.3 is 9.64 Å². The fourth-order valence-electron chi connectivity index (χ4n) is 6.25. The topological polar surface area (TPSA) is 12.5 Å². The largest absolute Gasteiger partial charge is 0.458 e. The fourth-order valence-corrected chi connectivity index (χ4v) is 6.25. The lowest BCUT2D eigenvalue weighted by atomic mass is 9.34. The summed E-state index contributed by atoms with van der Waals surface area (Å²) in [7, 11) is 0. The van der Waals surface area contributed by atoms with Gasteiger partial charge in [-0.2, -0.15) is 0 Å². The molecule has 4 aromatic rings. The van der Waals surface area contributed by atoms with Crippen molar-refractivity contribution in [3.8, 4) is 11.5 Å². The van der Waals surface area contributed by atoms with Crippen LogP contribution in [-0.4, -0.2) is 6.71 Å². The van der Waals surface area contributed by atoms with E-state index in [1.165, 1.54) is 45.0 Å². The summed E-state index contributed by atoms with van der Waals surface area (Å²) in [5.41, 5.74) is -4.39. The van der Waals surface area contributed by atoms with Gasteiger partial charge in [-0.15, -0.1) is 0 Å². The van der Waals surface area contributed by atoms with Crippen molar-refractivity contribution in [2.75, 3.05) is 4.90 Å². The molecule has 0 radical (unpaired) electrons. The molecule has 44 heavy (non-hydrogen) atoms. The zero-order valence-corrected chi connectivity index (χ0v) is 26.3. The van der Waals surface area contributed by atoms with Gasteiger partial charge in [0, 0.05) is 41.7 Å². The quantitative estimate of drug-likeness (QED) is 0.174. The second kappa shape index (κ2) is 9.77. The molecule has 0 atom stereocenters. The van der Waals surface area contributed by atoms with Gasteiger partial charge in [-0.05, 0) is 109 Å². The van der Waals surface area contributed by atoms with Crippen molar-refractivity contribution in [3.63, 3.8) is 0 Å². The van der Waals surface area contributed by atoms with Crippen LogP contribution < -0.4 is 26.0 Å². The summed E-state index contributed by atoms with van der Waals surface area (Å²) in [5, 5.41) is 0. The van der Waals surface area contributed by atoms with Gasteiger partial charge in [0.05, 0.1) is 0 Å². The molecule has 0 spiro atoms. The molecular weight excluding hydrogens is 533 g/mol. The van der Waals surface area contributed by atoms with E-state index in [-0.39, 0.29) is 22.4 Å². The third-order valence-corrected chi connectivity index (χ3v) is 8.69. The van der Waals surface area contributed by atoms with Crippen molar-refractivity contribution in [1.82, 2.24) is 0 Å². The van der Waals surface area contributed by atoms with Crippen LogP contribution in [0.15, 0.2) is 66.7 Å². The lowest BCUT2D eigenvalue weighted by Crippen LogP contribution is -2.59. The molecule has 3 heteroatoms. The van der Waals surface area contributed by atoms with Crippen LogP contribution in [0.5, 0.6) is 11.5 Å². The maximum absolute atomic E-state index is 8.56. The molecule has 2 heterocycles. The van der Waals surface area contributed by atoms with Gasteiger partial charge in [0.1, 0.15) is 11.5 Å². The summed E-state index contributed by atoms with van der Waals surface area (Å²) in [6.07, 6.45) is 0. The lowest BCUT2D eigenvalue weighted by molar-refractivity contribution is 0.486. The minimum atomic E-state index is -3.12. The number of nitrogens with zero attached hydrogens (tertiary/aromatic N) is 1. The number of anilines is 3. The Bertz CT molecular complexity index is 2410. The number of hydrogen-bond donors (Lipinski definition) is 0. The van der Waals surface area contributed by atoms with Crippen molar-refractivity contribution in [2.24, 2.45) is 0 Å². The Morgan fingerprint density at radius 3 is 1.84 bits per heavy atom. The summed E-state index contributed by atoms with van der Waals surface area (Å²) in [5.74, 6) is 0.707. The van der Waals surface area contributed by atoms with Crippen molar-refractivity contribution in [2.45, 2.75) is 111 Å². The highest BCUT2D eigenvalue weighted by molar-refractivity contribution is 6.99. The van der Waals surface area contributed by atoms with Crippen LogP contribution in [0.1, 0.15) is 135 Å². The van der Waals surface area contributed by atoms with Crippen molar-refractivity contribution < 1.29 is 29.4 Å². The Kier molecular flexibility index (Phi) is 3.49. The van der Waals surface area contributed by atoms with E-state index in [4.69, 9.17) is 29.4 Å². The fraction of sp³-hybridized carbons (Fsp3) is 0.415. The first-order valence-electron chi connectivity index (χ1n) is 23.8.